The SMILES string of the molecule is CC(CC(=O)OCC(=O)C(=O)O)Oc1ccc(Cl)cc1. The normalized spacial score (nSPS) is 11.5. The van der Waals surface area contributed by atoms with Crippen LogP contribution in [0, 0.1) is 0 Å². The van der Waals surface area contributed by atoms with Gasteiger partial charge in [-0.05, 0) is 31.2 Å². The van der Waals surface area contributed by atoms with Gasteiger partial charge in [0.15, 0.2) is 6.61 Å². The smallest absolute Gasteiger partial charge is 0.375 e. The average Bonchev–Trinajstić information content (AvgIpc) is 2.38. The number of carboxylic acid groups (broad SMARTS) is 1. The molecule has 0 fully saturated rings. The summed E-state index contributed by atoms with van der Waals surface area (Å²) in [4.78, 5) is 32.3. The van der Waals surface area contributed by atoms with Gasteiger partial charge < -0.3 is 14.6 Å². The number of carbonyl (C=O) groups is 3. The molecule has 1 rings (SSSR count). The highest BCUT2D eigenvalue weighted by Gasteiger charge is 2.16. The molecule has 0 saturated carbocycles. The number of Topliss-reactive ketones (excluding diaryl/α,β-unsaturated/α-hetero) is 1. The van der Waals surface area contributed by atoms with Crippen molar-refractivity contribution in [3.05, 3.63) is 29.3 Å². The summed E-state index contributed by atoms with van der Waals surface area (Å²) in [6.07, 6.45) is -0.584. The van der Waals surface area contributed by atoms with Crippen LogP contribution in [-0.2, 0) is 19.1 Å². The third kappa shape index (κ3) is 5.71. The van der Waals surface area contributed by atoms with E-state index in [-0.39, 0.29) is 6.42 Å². The molecule has 0 heterocycles. The molecule has 0 saturated heterocycles. The Balaban J connectivity index is 2.36. The summed E-state index contributed by atoms with van der Waals surface area (Å²) in [6, 6.07) is 6.59. The van der Waals surface area contributed by atoms with Crippen LogP contribution in [0.25, 0.3) is 0 Å². The predicted molar refractivity (Wildman–Crippen MR) is 69.8 cm³/mol. The number of esters is 1. The molecule has 0 bridgehead atoms. The summed E-state index contributed by atoms with van der Waals surface area (Å²) in [5.41, 5.74) is 0. The van der Waals surface area contributed by atoms with Gasteiger partial charge in [0, 0.05) is 5.02 Å². The van der Waals surface area contributed by atoms with Gasteiger partial charge in [0.2, 0.25) is 0 Å². The van der Waals surface area contributed by atoms with E-state index >= 15 is 0 Å². The summed E-state index contributed by atoms with van der Waals surface area (Å²) in [5, 5.41) is 8.88. The largest absolute Gasteiger partial charge is 0.490 e. The van der Waals surface area contributed by atoms with Gasteiger partial charge in [0.25, 0.3) is 5.78 Å². The van der Waals surface area contributed by atoms with E-state index < -0.39 is 30.4 Å². The second-order valence-corrected chi connectivity index (χ2v) is 4.41. The fourth-order valence-corrected chi connectivity index (χ4v) is 1.41. The van der Waals surface area contributed by atoms with Crippen LogP contribution in [0.2, 0.25) is 5.02 Å². The third-order valence-corrected chi connectivity index (χ3v) is 2.46. The van der Waals surface area contributed by atoms with Crippen LogP contribution in [-0.4, -0.2) is 35.5 Å². The maximum absolute atomic E-state index is 11.4. The monoisotopic (exact) mass is 300 g/mol. The number of aliphatic carboxylic acids is 1. The van der Waals surface area contributed by atoms with Crippen LogP contribution in [0.3, 0.4) is 0 Å². The topological polar surface area (TPSA) is 89.9 Å². The Morgan fingerprint density at radius 3 is 2.40 bits per heavy atom. The molecule has 7 heteroatoms. The van der Waals surface area contributed by atoms with Crippen molar-refractivity contribution in [2.75, 3.05) is 6.61 Å². The van der Waals surface area contributed by atoms with E-state index in [1.807, 2.05) is 0 Å². The third-order valence-electron chi connectivity index (χ3n) is 2.21. The van der Waals surface area contributed by atoms with Gasteiger partial charge in [-0.15, -0.1) is 0 Å². The minimum atomic E-state index is -1.64. The molecule has 0 aliphatic rings. The van der Waals surface area contributed by atoms with Crippen molar-refractivity contribution in [3.8, 4) is 5.75 Å². The van der Waals surface area contributed by atoms with Crippen LogP contribution in [0.5, 0.6) is 5.75 Å². The molecular formula is C13H13ClO6. The van der Waals surface area contributed by atoms with E-state index in [0.717, 1.165) is 0 Å². The zero-order chi connectivity index (χ0) is 15.1. The summed E-state index contributed by atoms with van der Waals surface area (Å²) in [5.74, 6) is -2.98. The minimum Gasteiger partial charge on any atom is -0.490 e. The number of ketones is 1. The van der Waals surface area contributed by atoms with E-state index in [1.54, 1.807) is 31.2 Å². The number of ether oxygens (including phenoxy) is 2. The minimum absolute atomic E-state index is 0.102. The molecule has 1 aromatic carbocycles. The number of benzene rings is 1. The maximum Gasteiger partial charge on any atom is 0.375 e. The molecule has 6 nitrogen and oxygen atoms in total. The molecular weight excluding hydrogens is 288 g/mol. The van der Waals surface area contributed by atoms with Gasteiger partial charge in [-0.25, -0.2) is 4.79 Å². The molecule has 1 N–H and O–H groups in total. The second kappa shape index (κ2) is 7.49. The Morgan fingerprint density at radius 1 is 1.25 bits per heavy atom. The number of hydrogen-bond acceptors (Lipinski definition) is 5. The van der Waals surface area contributed by atoms with Crippen molar-refractivity contribution < 1.29 is 29.0 Å². The van der Waals surface area contributed by atoms with E-state index in [4.69, 9.17) is 21.4 Å². The Hall–Kier alpha value is -2.08. The summed E-state index contributed by atoms with van der Waals surface area (Å²) in [6.45, 7) is 0.872. The number of carbonyl (C=O) groups excluding carboxylic acids is 2. The predicted octanol–water partition coefficient (Wildman–Crippen LogP) is 1.69. The molecule has 0 aliphatic heterocycles. The molecule has 20 heavy (non-hydrogen) atoms. The highest BCUT2D eigenvalue weighted by molar-refractivity contribution is 6.33. The van der Waals surface area contributed by atoms with Crippen LogP contribution in [0.1, 0.15) is 13.3 Å². The number of halogens is 1. The molecule has 0 spiro atoms. The van der Waals surface area contributed by atoms with Gasteiger partial charge in [0.05, 0.1) is 6.42 Å². The highest BCUT2D eigenvalue weighted by Crippen LogP contribution is 2.17. The van der Waals surface area contributed by atoms with Gasteiger partial charge in [-0.2, -0.15) is 0 Å². The van der Waals surface area contributed by atoms with Crippen LogP contribution in [0.4, 0.5) is 0 Å². The first-order valence-corrected chi connectivity index (χ1v) is 6.10. The van der Waals surface area contributed by atoms with Crippen molar-refractivity contribution in [2.24, 2.45) is 0 Å². The zero-order valence-electron chi connectivity index (χ0n) is 10.7. The summed E-state index contributed by atoms with van der Waals surface area (Å²) >= 11 is 5.72. The van der Waals surface area contributed by atoms with Gasteiger partial charge in [0.1, 0.15) is 11.9 Å². The van der Waals surface area contributed by atoms with Gasteiger partial charge >= 0.3 is 11.9 Å². The molecule has 0 aliphatic carbocycles. The van der Waals surface area contributed by atoms with Crippen LogP contribution >= 0.6 is 11.6 Å². The molecule has 0 aromatic heterocycles. The lowest BCUT2D eigenvalue weighted by Crippen LogP contribution is -2.24. The van der Waals surface area contributed by atoms with E-state index in [1.165, 1.54) is 0 Å². The van der Waals surface area contributed by atoms with E-state index in [0.29, 0.717) is 10.8 Å². The highest BCUT2D eigenvalue weighted by atomic mass is 35.5. The lowest BCUT2D eigenvalue weighted by atomic mass is 10.3. The summed E-state index contributed by atoms with van der Waals surface area (Å²) < 4.78 is 9.96. The molecule has 0 amide bonds. The quantitative estimate of drug-likeness (QED) is 0.609. The standard InChI is InChI=1S/C13H13ClO6/c1-8(20-10-4-2-9(14)3-5-10)6-12(16)19-7-11(15)13(17)18/h2-5,8H,6-7H2,1H3,(H,17,18). The van der Waals surface area contributed by atoms with Gasteiger partial charge in [-0.1, -0.05) is 11.6 Å². The molecule has 108 valence electrons. The van der Waals surface area contributed by atoms with Crippen molar-refractivity contribution >= 4 is 29.3 Å². The molecule has 0 radical (unpaired) electrons. The fourth-order valence-electron chi connectivity index (χ4n) is 1.29. The second-order valence-electron chi connectivity index (χ2n) is 3.98. The van der Waals surface area contributed by atoms with Crippen molar-refractivity contribution in [2.45, 2.75) is 19.4 Å². The number of carboxylic acids is 1. The van der Waals surface area contributed by atoms with Crippen molar-refractivity contribution in [3.63, 3.8) is 0 Å². The Bertz CT molecular complexity index is 496. The molecule has 1 atom stereocenters. The Labute approximate surface area is 120 Å². The summed E-state index contributed by atoms with van der Waals surface area (Å²) in [7, 11) is 0. The maximum atomic E-state index is 11.4. The average molecular weight is 301 g/mol. The van der Waals surface area contributed by atoms with E-state index in [9.17, 15) is 14.4 Å². The zero-order valence-corrected chi connectivity index (χ0v) is 11.4. The van der Waals surface area contributed by atoms with E-state index in [2.05, 4.69) is 4.74 Å². The first kappa shape index (κ1) is 16.0. The van der Waals surface area contributed by atoms with Gasteiger partial charge in [-0.3, -0.25) is 9.59 Å². The molecule has 1 unspecified atom stereocenters. The lowest BCUT2D eigenvalue weighted by molar-refractivity contribution is -0.156. The van der Waals surface area contributed by atoms with Crippen molar-refractivity contribution in [1.29, 1.82) is 0 Å². The first-order chi connectivity index (χ1) is 9.38. The first-order valence-electron chi connectivity index (χ1n) is 5.72. The van der Waals surface area contributed by atoms with Crippen LogP contribution < -0.4 is 4.74 Å². The number of hydrogen-bond donors (Lipinski definition) is 1. The molecule has 1 aromatic rings. The number of rotatable bonds is 7. The van der Waals surface area contributed by atoms with Crippen molar-refractivity contribution in [1.82, 2.24) is 0 Å². The lowest BCUT2D eigenvalue weighted by Gasteiger charge is -2.13. The Morgan fingerprint density at radius 2 is 1.85 bits per heavy atom. The Kier molecular flexibility index (Phi) is 5.99. The fraction of sp³-hybridized carbons (Fsp3) is 0.308. The van der Waals surface area contributed by atoms with Crippen LogP contribution in [0.15, 0.2) is 24.3 Å².